The first kappa shape index (κ1) is 12.1. The van der Waals surface area contributed by atoms with Gasteiger partial charge in [0.15, 0.2) is 0 Å². The van der Waals surface area contributed by atoms with Crippen molar-refractivity contribution in [3.05, 3.63) is 0 Å². The van der Waals surface area contributed by atoms with Crippen molar-refractivity contribution in [2.75, 3.05) is 20.3 Å². The number of hydrogen-bond donors (Lipinski definition) is 2. The molecule has 0 aliphatic heterocycles. The molecule has 0 bridgehead atoms. The second kappa shape index (κ2) is 6.57. The molecule has 0 aromatic rings. The molecule has 0 aliphatic carbocycles. The summed E-state index contributed by atoms with van der Waals surface area (Å²) in [5.41, 5.74) is 5.25. The molecule has 0 aromatic carbocycles. The molecule has 12 heavy (non-hydrogen) atoms. The fourth-order valence-electron chi connectivity index (χ4n) is 0.656. The van der Waals surface area contributed by atoms with Crippen LogP contribution in [0.25, 0.3) is 0 Å². The van der Waals surface area contributed by atoms with Gasteiger partial charge in [-0.25, -0.2) is 4.57 Å². The highest BCUT2D eigenvalue weighted by Gasteiger charge is 2.16. The van der Waals surface area contributed by atoms with Crippen molar-refractivity contribution in [1.29, 1.82) is 0 Å². The summed E-state index contributed by atoms with van der Waals surface area (Å²) in [5, 5.41) is 0. The van der Waals surface area contributed by atoms with E-state index in [0.717, 1.165) is 26.4 Å². The van der Waals surface area contributed by atoms with E-state index >= 15 is 0 Å². The summed E-state index contributed by atoms with van der Waals surface area (Å²) < 4.78 is 19.5. The smallest absolute Gasteiger partial charge is 0.330 e. The van der Waals surface area contributed by atoms with E-state index in [4.69, 9.17) is 10.6 Å². The maximum Gasteiger partial charge on any atom is 0.471 e. The number of phosphoric ester groups is 1. The van der Waals surface area contributed by atoms with Crippen molar-refractivity contribution in [2.45, 2.75) is 19.3 Å². The second-order valence-corrected chi connectivity index (χ2v) is 3.89. The molecular formula is C6H16NO4P. The number of rotatable bonds is 7. The molecule has 6 heteroatoms. The molecule has 0 rings (SSSR count). The van der Waals surface area contributed by atoms with E-state index in [-0.39, 0.29) is 6.61 Å². The summed E-state index contributed by atoms with van der Waals surface area (Å²) in [6, 6.07) is 0. The molecule has 0 saturated heterocycles. The van der Waals surface area contributed by atoms with E-state index in [2.05, 4.69) is 9.05 Å². The fraction of sp³-hybridized carbons (Fsp3) is 1.00. The van der Waals surface area contributed by atoms with Gasteiger partial charge in [0.1, 0.15) is 0 Å². The average Bonchev–Trinajstić information content (AvgIpc) is 2.04. The SMILES string of the molecule is COP(=O)(O)OCCCCCN. The molecule has 3 N–H and O–H groups in total. The Morgan fingerprint density at radius 1 is 1.42 bits per heavy atom. The van der Waals surface area contributed by atoms with Gasteiger partial charge in [-0.3, -0.25) is 9.05 Å². The van der Waals surface area contributed by atoms with E-state index in [9.17, 15) is 4.57 Å². The lowest BCUT2D eigenvalue weighted by Gasteiger charge is -2.08. The van der Waals surface area contributed by atoms with Crippen molar-refractivity contribution in [3.63, 3.8) is 0 Å². The van der Waals surface area contributed by atoms with Crippen molar-refractivity contribution >= 4 is 7.82 Å². The number of phosphoric acid groups is 1. The van der Waals surface area contributed by atoms with Crippen LogP contribution in [0.3, 0.4) is 0 Å². The van der Waals surface area contributed by atoms with Gasteiger partial charge >= 0.3 is 7.82 Å². The third-order valence-corrected chi connectivity index (χ3v) is 2.30. The Hall–Kier alpha value is 0.0700. The Morgan fingerprint density at radius 3 is 2.58 bits per heavy atom. The van der Waals surface area contributed by atoms with Crippen molar-refractivity contribution in [1.82, 2.24) is 0 Å². The van der Waals surface area contributed by atoms with E-state index in [1.54, 1.807) is 0 Å². The van der Waals surface area contributed by atoms with Gasteiger partial charge in [0.05, 0.1) is 6.61 Å². The van der Waals surface area contributed by atoms with Crippen LogP contribution in [0.1, 0.15) is 19.3 Å². The summed E-state index contributed by atoms with van der Waals surface area (Å²) in [7, 11) is -2.61. The molecule has 1 atom stereocenters. The lowest BCUT2D eigenvalue weighted by molar-refractivity contribution is 0.170. The Kier molecular flexibility index (Phi) is 6.61. The molecule has 0 aliphatic rings. The fourth-order valence-corrected chi connectivity index (χ4v) is 1.12. The van der Waals surface area contributed by atoms with E-state index in [1.807, 2.05) is 0 Å². The van der Waals surface area contributed by atoms with Gasteiger partial charge in [-0.2, -0.15) is 0 Å². The molecule has 0 radical (unpaired) electrons. The van der Waals surface area contributed by atoms with Crippen molar-refractivity contribution in [2.24, 2.45) is 5.73 Å². The van der Waals surface area contributed by atoms with Gasteiger partial charge in [0.2, 0.25) is 0 Å². The van der Waals surface area contributed by atoms with E-state index in [0.29, 0.717) is 6.54 Å². The number of nitrogens with two attached hydrogens (primary N) is 1. The third kappa shape index (κ3) is 6.76. The normalized spacial score (nSPS) is 15.9. The number of unbranched alkanes of at least 4 members (excludes halogenated alkanes) is 2. The monoisotopic (exact) mass is 197 g/mol. The standard InChI is InChI=1S/C6H16NO4P/c1-10-12(8,9)11-6-4-2-3-5-7/h2-7H2,1H3,(H,8,9). The summed E-state index contributed by atoms with van der Waals surface area (Å²) in [6.45, 7) is 0.878. The minimum Gasteiger partial charge on any atom is -0.330 e. The van der Waals surface area contributed by atoms with Gasteiger partial charge in [-0.05, 0) is 25.8 Å². The van der Waals surface area contributed by atoms with Crippen molar-refractivity contribution < 1.29 is 18.5 Å². The molecule has 74 valence electrons. The van der Waals surface area contributed by atoms with Gasteiger partial charge in [0.25, 0.3) is 0 Å². The lowest BCUT2D eigenvalue weighted by Crippen LogP contribution is -2.00. The predicted octanol–water partition coefficient (Wildman–Crippen LogP) is 0.879. The Labute approximate surface area is 72.5 Å². The lowest BCUT2D eigenvalue weighted by atomic mass is 10.2. The van der Waals surface area contributed by atoms with E-state index < -0.39 is 7.82 Å². The van der Waals surface area contributed by atoms with Crippen LogP contribution in [0, 0.1) is 0 Å². The molecule has 0 amide bonds. The molecule has 0 spiro atoms. The third-order valence-electron chi connectivity index (χ3n) is 1.33. The zero-order chi connectivity index (χ0) is 9.45. The Morgan fingerprint density at radius 2 is 2.08 bits per heavy atom. The predicted molar refractivity (Wildman–Crippen MR) is 45.7 cm³/mol. The molecule has 0 saturated carbocycles. The second-order valence-electron chi connectivity index (χ2n) is 2.33. The highest BCUT2D eigenvalue weighted by molar-refractivity contribution is 7.47. The largest absolute Gasteiger partial charge is 0.471 e. The van der Waals surface area contributed by atoms with Crippen LogP contribution >= 0.6 is 7.82 Å². The van der Waals surface area contributed by atoms with Crippen LogP contribution in [0.5, 0.6) is 0 Å². The molecule has 1 unspecified atom stereocenters. The zero-order valence-corrected chi connectivity index (χ0v) is 8.13. The molecule has 0 heterocycles. The zero-order valence-electron chi connectivity index (χ0n) is 7.23. The topological polar surface area (TPSA) is 81.8 Å². The van der Waals surface area contributed by atoms with Crippen LogP contribution in [-0.4, -0.2) is 25.2 Å². The highest BCUT2D eigenvalue weighted by Crippen LogP contribution is 2.41. The first-order chi connectivity index (χ1) is 5.62. The first-order valence-corrected chi connectivity index (χ1v) is 5.35. The summed E-state index contributed by atoms with van der Waals surface area (Å²) in [5.74, 6) is 0. The van der Waals surface area contributed by atoms with E-state index in [1.165, 1.54) is 0 Å². The summed E-state index contributed by atoms with van der Waals surface area (Å²) in [6.07, 6.45) is 2.54. The summed E-state index contributed by atoms with van der Waals surface area (Å²) in [4.78, 5) is 8.77. The molecular weight excluding hydrogens is 181 g/mol. The van der Waals surface area contributed by atoms with Gasteiger partial charge < -0.3 is 10.6 Å². The van der Waals surface area contributed by atoms with Crippen LogP contribution in [-0.2, 0) is 13.6 Å². The molecule has 5 nitrogen and oxygen atoms in total. The van der Waals surface area contributed by atoms with Crippen LogP contribution in [0.4, 0.5) is 0 Å². The Balaban J connectivity index is 3.25. The molecule has 0 aromatic heterocycles. The summed E-state index contributed by atoms with van der Waals surface area (Å²) >= 11 is 0. The van der Waals surface area contributed by atoms with Crippen molar-refractivity contribution in [3.8, 4) is 0 Å². The maximum atomic E-state index is 10.7. The van der Waals surface area contributed by atoms with Gasteiger partial charge in [0, 0.05) is 7.11 Å². The highest BCUT2D eigenvalue weighted by atomic mass is 31.2. The van der Waals surface area contributed by atoms with Crippen LogP contribution in [0.15, 0.2) is 0 Å². The van der Waals surface area contributed by atoms with Crippen LogP contribution in [0.2, 0.25) is 0 Å². The average molecular weight is 197 g/mol. The maximum absolute atomic E-state index is 10.7. The van der Waals surface area contributed by atoms with Gasteiger partial charge in [-0.15, -0.1) is 0 Å². The van der Waals surface area contributed by atoms with Crippen LogP contribution < -0.4 is 5.73 Å². The minimum absolute atomic E-state index is 0.238. The number of hydrogen-bond acceptors (Lipinski definition) is 4. The molecule has 0 fully saturated rings. The quantitative estimate of drug-likeness (QED) is 0.467. The first-order valence-electron chi connectivity index (χ1n) is 3.85. The Bertz CT molecular complexity index is 152. The van der Waals surface area contributed by atoms with Gasteiger partial charge in [-0.1, -0.05) is 0 Å². The minimum atomic E-state index is -3.75.